The molecule has 1 aromatic carbocycles. The average Bonchev–Trinajstić information content (AvgIpc) is 3.21. The molecular formula is C25H32N6O2. The number of nitrogens with one attached hydrogen (secondary N) is 1. The van der Waals surface area contributed by atoms with Crippen LogP contribution < -0.4 is 10.4 Å². The lowest BCUT2D eigenvalue weighted by molar-refractivity contribution is 0.0705. The molecule has 33 heavy (non-hydrogen) atoms. The van der Waals surface area contributed by atoms with Gasteiger partial charge < -0.3 is 14.4 Å². The summed E-state index contributed by atoms with van der Waals surface area (Å²) in [5.41, 5.74) is 4.69. The number of amides is 1. The van der Waals surface area contributed by atoms with Crippen LogP contribution in [0, 0.1) is 5.92 Å². The summed E-state index contributed by atoms with van der Waals surface area (Å²) < 4.78 is 2.27. The lowest BCUT2D eigenvalue weighted by Gasteiger charge is -2.38. The largest absolute Gasteiger partial charge is 0.350 e. The number of aryl methyl sites for hydroxylation is 1. The van der Waals surface area contributed by atoms with Crippen molar-refractivity contribution in [2.45, 2.75) is 31.6 Å². The molecule has 2 aromatic heterocycles. The summed E-state index contributed by atoms with van der Waals surface area (Å²) in [6.45, 7) is 5.35. The number of likely N-dealkylation sites (tertiary alicyclic amines) is 1. The van der Waals surface area contributed by atoms with Crippen LogP contribution in [0.25, 0.3) is 10.9 Å². The van der Waals surface area contributed by atoms with Gasteiger partial charge in [0, 0.05) is 62.7 Å². The van der Waals surface area contributed by atoms with E-state index in [9.17, 15) is 4.79 Å². The van der Waals surface area contributed by atoms with E-state index in [2.05, 4.69) is 61.8 Å². The van der Waals surface area contributed by atoms with E-state index in [-0.39, 0.29) is 5.56 Å². The molecule has 0 aliphatic carbocycles. The van der Waals surface area contributed by atoms with Crippen LogP contribution in [0.1, 0.15) is 47.5 Å². The number of hydrogen-bond donors (Lipinski definition) is 2. The lowest BCUT2D eigenvalue weighted by Crippen LogP contribution is -2.42. The number of hydrogen-bond acceptors (Lipinski definition) is 6. The number of anilines is 1. The fourth-order valence-electron chi connectivity index (χ4n) is 5.52. The molecule has 2 fully saturated rings. The van der Waals surface area contributed by atoms with Gasteiger partial charge >= 0.3 is 0 Å². The van der Waals surface area contributed by atoms with Crippen molar-refractivity contribution in [1.29, 1.82) is 0 Å². The van der Waals surface area contributed by atoms with Crippen molar-refractivity contribution in [2.24, 2.45) is 13.0 Å². The maximum atomic E-state index is 11.5. The second-order valence-electron chi connectivity index (χ2n) is 9.45. The Bertz CT molecular complexity index is 1100. The fourth-order valence-corrected chi connectivity index (χ4v) is 5.52. The van der Waals surface area contributed by atoms with Crippen molar-refractivity contribution < 1.29 is 10.0 Å². The minimum Gasteiger partial charge on any atom is -0.350 e. The summed E-state index contributed by atoms with van der Waals surface area (Å²) in [4.78, 5) is 24.9. The van der Waals surface area contributed by atoms with E-state index in [0.29, 0.717) is 17.8 Å². The van der Waals surface area contributed by atoms with E-state index in [4.69, 9.17) is 5.21 Å². The Kier molecular flexibility index (Phi) is 6.28. The molecule has 1 unspecified atom stereocenters. The quantitative estimate of drug-likeness (QED) is 0.461. The van der Waals surface area contributed by atoms with Crippen molar-refractivity contribution in [3.8, 4) is 0 Å². The molecule has 1 atom stereocenters. The predicted octanol–water partition coefficient (Wildman–Crippen LogP) is 3.18. The highest BCUT2D eigenvalue weighted by molar-refractivity contribution is 5.92. The highest BCUT2D eigenvalue weighted by atomic mass is 16.5. The molecule has 2 N–H and O–H groups in total. The van der Waals surface area contributed by atoms with Gasteiger partial charge in [0.2, 0.25) is 5.95 Å². The van der Waals surface area contributed by atoms with Gasteiger partial charge in [0.15, 0.2) is 0 Å². The Hall–Kier alpha value is -2.97. The topological polar surface area (TPSA) is 86.5 Å². The first kappa shape index (κ1) is 21.9. The number of nitrogens with zero attached hydrogens (tertiary/aromatic N) is 5. The van der Waals surface area contributed by atoms with E-state index in [1.54, 1.807) is 5.48 Å². The van der Waals surface area contributed by atoms with E-state index in [1.807, 2.05) is 0 Å². The number of para-hydroxylation sites is 1. The van der Waals surface area contributed by atoms with Crippen LogP contribution in [0.15, 0.2) is 42.9 Å². The molecule has 4 heterocycles. The summed E-state index contributed by atoms with van der Waals surface area (Å²) >= 11 is 0. The van der Waals surface area contributed by atoms with Gasteiger partial charge in [-0.1, -0.05) is 18.2 Å². The van der Waals surface area contributed by atoms with Crippen LogP contribution in [0.3, 0.4) is 0 Å². The zero-order valence-electron chi connectivity index (χ0n) is 19.2. The average molecular weight is 449 g/mol. The maximum Gasteiger partial charge on any atom is 0.277 e. The van der Waals surface area contributed by atoms with Gasteiger partial charge in [-0.05, 0) is 55.7 Å². The Morgan fingerprint density at radius 2 is 1.88 bits per heavy atom. The summed E-state index contributed by atoms with van der Waals surface area (Å²) in [6.07, 6.45) is 10.0. The first-order valence-electron chi connectivity index (χ1n) is 11.9. The number of piperidine rings is 2. The molecule has 2 aliphatic rings. The van der Waals surface area contributed by atoms with Crippen LogP contribution in [-0.2, 0) is 7.05 Å². The Morgan fingerprint density at radius 3 is 2.64 bits per heavy atom. The summed E-state index contributed by atoms with van der Waals surface area (Å²) in [5, 5.41) is 10.1. The van der Waals surface area contributed by atoms with Crippen LogP contribution in [0.2, 0.25) is 0 Å². The molecule has 8 heteroatoms. The molecule has 3 aromatic rings. The number of benzene rings is 1. The second kappa shape index (κ2) is 9.49. The molecule has 174 valence electrons. The minimum atomic E-state index is -0.594. The van der Waals surface area contributed by atoms with E-state index < -0.39 is 5.91 Å². The van der Waals surface area contributed by atoms with Crippen molar-refractivity contribution in [2.75, 3.05) is 37.6 Å². The van der Waals surface area contributed by atoms with Crippen molar-refractivity contribution in [3.63, 3.8) is 0 Å². The normalized spacial score (nSPS) is 20.3. The lowest BCUT2D eigenvalue weighted by atomic mass is 9.89. The molecule has 0 bridgehead atoms. The van der Waals surface area contributed by atoms with E-state index >= 15 is 0 Å². The molecule has 0 spiro atoms. The Labute approximate surface area is 194 Å². The second-order valence-corrected chi connectivity index (χ2v) is 9.45. The highest BCUT2D eigenvalue weighted by Gasteiger charge is 2.28. The first-order chi connectivity index (χ1) is 16.1. The third kappa shape index (κ3) is 4.58. The molecule has 0 radical (unpaired) electrons. The number of carbonyl (C=O) groups excluding carboxylic acids is 1. The van der Waals surface area contributed by atoms with Crippen molar-refractivity contribution in [3.05, 3.63) is 54.0 Å². The number of rotatable bonds is 5. The number of aromatic nitrogens is 3. The zero-order valence-corrected chi connectivity index (χ0v) is 19.2. The van der Waals surface area contributed by atoms with Gasteiger partial charge in [0.05, 0.1) is 5.56 Å². The first-order valence-corrected chi connectivity index (χ1v) is 11.9. The SMILES string of the molecule is Cn1cc(C2CCCN(CC3CCN(c4ncc(C(=O)NO)cn4)CC3)C2)c2ccccc21. The van der Waals surface area contributed by atoms with Crippen LogP contribution in [0.5, 0.6) is 0 Å². The molecule has 2 aliphatic heterocycles. The Morgan fingerprint density at radius 1 is 1.12 bits per heavy atom. The molecule has 5 rings (SSSR count). The Balaban J connectivity index is 1.17. The fraction of sp³-hybridized carbons (Fsp3) is 0.480. The van der Waals surface area contributed by atoms with E-state index in [0.717, 1.165) is 39.0 Å². The molecule has 8 nitrogen and oxygen atoms in total. The van der Waals surface area contributed by atoms with Crippen LogP contribution >= 0.6 is 0 Å². The third-order valence-corrected chi connectivity index (χ3v) is 7.29. The monoisotopic (exact) mass is 448 g/mol. The third-order valence-electron chi connectivity index (χ3n) is 7.29. The summed E-state index contributed by atoms with van der Waals surface area (Å²) in [5.74, 6) is 1.35. The van der Waals surface area contributed by atoms with Gasteiger partial charge in [0.1, 0.15) is 0 Å². The van der Waals surface area contributed by atoms with Crippen molar-refractivity contribution in [1.82, 2.24) is 24.9 Å². The number of hydroxylamine groups is 1. The van der Waals surface area contributed by atoms with Gasteiger partial charge in [-0.25, -0.2) is 15.4 Å². The molecule has 1 amide bonds. The van der Waals surface area contributed by atoms with Crippen LogP contribution in [0.4, 0.5) is 5.95 Å². The van der Waals surface area contributed by atoms with Crippen molar-refractivity contribution >= 4 is 22.8 Å². The zero-order chi connectivity index (χ0) is 22.8. The standard InChI is InChI=1S/C25H32N6O2/c1-29-17-22(21-6-2-3-7-23(21)29)19-5-4-10-30(16-19)15-18-8-11-31(12-9-18)25-26-13-20(14-27-25)24(32)28-33/h2-3,6-7,13-14,17-19,33H,4-5,8-12,15-16H2,1H3,(H,28,32). The van der Waals surface area contributed by atoms with Crippen LogP contribution in [-0.4, -0.2) is 63.3 Å². The van der Waals surface area contributed by atoms with Gasteiger partial charge in [0.25, 0.3) is 5.91 Å². The van der Waals surface area contributed by atoms with Gasteiger partial charge in [-0.3, -0.25) is 10.0 Å². The van der Waals surface area contributed by atoms with Gasteiger partial charge in [-0.15, -0.1) is 0 Å². The van der Waals surface area contributed by atoms with Gasteiger partial charge in [-0.2, -0.15) is 0 Å². The molecular weight excluding hydrogens is 416 g/mol. The maximum absolute atomic E-state index is 11.5. The van der Waals surface area contributed by atoms with E-state index in [1.165, 1.54) is 48.2 Å². The smallest absolute Gasteiger partial charge is 0.277 e. The summed E-state index contributed by atoms with van der Waals surface area (Å²) in [6, 6.07) is 8.76. The number of fused-ring (bicyclic) bond motifs is 1. The highest BCUT2D eigenvalue weighted by Crippen LogP contribution is 2.34. The number of carbonyl (C=O) groups is 1. The summed E-state index contributed by atoms with van der Waals surface area (Å²) in [7, 11) is 2.15. The minimum absolute atomic E-state index is 0.252. The molecule has 2 saturated heterocycles. The predicted molar refractivity (Wildman–Crippen MR) is 128 cm³/mol. The molecule has 0 saturated carbocycles.